The van der Waals surface area contributed by atoms with E-state index in [4.69, 9.17) is 4.52 Å². The number of hydrogen-bond donors (Lipinski definition) is 1. The van der Waals surface area contributed by atoms with Gasteiger partial charge >= 0.3 is 6.01 Å². The predicted molar refractivity (Wildman–Crippen MR) is 55.1 cm³/mol. The molecule has 13 heavy (non-hydrogen) atoms. The van der Waals surface area contributed by atoms with Crippen LogP contribution in [0.3, 0.4) is 0 Å². The second-order valence-electron chi connectivity index (χ2n) is 3.09. The van der Waals surface area contributed by atoms with Gasteiger partial charge in [-0.05, 0) is 24.9 Å². The maximum Gasteiger partial charge on any atom is 0.321 e. The first kappa shape index (κ1) is 10.4. The number of aromatic nitrogens is 2. The van der Waals surface area contributed by atoms with Crippen LogP contribution in [0.5, 0.6) is 0 Å². The maximum atomic E-state index is 4.91. The number of nitrogens with one attached hydrogen (secondary N) is 1. The standard InChI is InChI=1S/C8H15N3OS/c1-6(5-13-3)4-9-8-10-7(2)11-12-8/h6H,4-5H2,1-3H3,(H,9,10,11). The monoisotopic (exact) mass is 201 g/mol. The summed E-state index contributed by atoms with van der Waals surface area (Å²) in [5.41, 5.74) is 0. The van der Waals surface area contributed by atoms with E-state index in [2.05, 4.69) is 28.6 Å². The van der Waals surface area contributed by atoms with Crippen LogP contribution in [0, 0.1) is 12.8 Å². The Kier molecular flexibility index (Phi) is 4.08. The number of thioether (sulfide) groups is 1. The van der Waals surface area contributed by atoms with Crippen LogP contribution in [-0.4, -0.2) is 28.7 Å². The maximum absolute atomic E-state index is 4.91. The van der Waals surface area contributed by atoms with Crippen molar-refractivity contribution < 1.29 is 4.52 Å². The first-order chi connectivity index (χ1) is 6.22. The fraction of sp³-hybridized carbons (Fsp3) is 0.750. The van der Waals surface area contributed by atoms with Crippen LogP contribution in [0.2, 0.25) is 0 Å². The third kappa shape index (κ3) is 3.67. The van der Waals surface area contributed by atoms with Gasteiger partial charge in [0.1, 0.15) is 0 Å². The van der Waals surface area contributed by atoms with E-state index in [1.807, 2.05) is 11.8 Å². The lowest BCUT2D eigenvalue weighted by Gasteiger charge is -2.08. The highest BCUT2D eigenvalue weighted by molar-refractivity contribution is 7.98. The van der Waals surface area contributed by atoms with E-state index in [1.165, 1.54) is 0 Å². The summed E-state index contributed by atoms with van der Waals surface area (Å²) in [7, 11) is 0. The van der Waals surface area contributed by atoms with Crippen molar-refractivity contribution in [3.63, 3.8) is 0 Å². The van der Waals surface area contributed by atoms with E-state index in [-0.39, 0.29) is 0 Å². The van der Waals surface area contributed by atoms with Gasteiger partial charge in [0.05, 0.1) is 0 Å². The van der Waals surface area contributed by atoms with Gasteiger partial charge in [-0.15, -0.1) is 0 Å². The molecule has 1 rings (SSSR count). The average molecular weight is 201 g/mol. The van der Waals surface area contributed by atoms with Crippen molar-refractivity contribution in [2.75, 3.05) is 23.9 Å². The van der Waals surface area contributed by atoms with Gasteiger partial charge in [0.25, 0.3) is 0 Å². The van der Waals surface area contributed by atoms with Crippen LogP contribution in [0.25, 0.3) is 0 Å². The van der Waals surface area contributed by atoms with Gasteiger partial charge < -0.3 is 9.84 Å². The SMILES string of the molecule is CSCC(C)CNc1nc(C)no1. The summed E-state index contributed by atoms with van der Waals surface area (Å²) < 4.78 is 4.91. The second-order valence-corrected chi connectivity index (χ2v) is 4.00. The highest BCUT2D eigenvalue weighted by Gasteiger charge is 2.04. The minimum absolute atomic E-state index is 0.519. The quantitative estimate of drug-likeness (QED) is 0.787. The molecule has 1 N–H and O–H groups in total. The Morgan fingerprint density at radius 2 is 2.38 bits per heavy atom. The topological polar surface area (TPSA) is 51.0 Å². The van der Waals surface area contributed by atoms with Crippen LogP contribution in [0.4, 0.5) is 6.01 Å². The van der Waals surface area contributed by atoms with E-state index in [0.29, 0.717) is 17.8 Å². The third-order valence-corrected chi connectivity index (χ3v) is 2.48. The molecule has 0 aliphatic heterocycles. The number of nitrogens with zero attached hydrogens (tertiary/aromatic N) is 2. The van der Waals surface area contributed by atoms with Gasteiger partial charge in [-0.3, -0.25) is 0 Å². The van der Waals surface area contributed by atoms with E-state index in [0.717, 1.165) is 12.3 Å². The first-order valence-corrected chi connectivity index (χ1v) is 5.65. The molecule has 0 aromatic carbocycles. The van der Waals surface area contributed by atoms with Crippen LogP contribution < -0.4 is 5.32 Å². The number of aryl methyl sites for hydroxylation is 1. The summed E-state index contributed by atoms with van der Waals surface area (Å²) >= 11 is 1.84. The molecule has 1 aromatic heterocycles. The molecule has 1 aromatic rings. The molecule has 0 saturated heterocycles. The molecule has 5 heteroatoms. The van der Waals surface area contributed by atoms with Crippen molar-refractivity contribution in [3.05, 3.63) is 5.82 Å². The lowest BCUT2D eigenvalue weighted by Crippen LogP contribution is -2.13. The third-order valence-electron chi connectivity index (χ3n) is 1.58. The molecule has 0 fully saturated rings. The fourth-order valence-electron chi connectivity index (χ4n) is 0.974. The molecular weight excluding hydrogens is 186 g/mol. The predicted octanol–water partition coefficient (Wildman–Crippen LogP) is 1.79. The number of rotatable bonds is 5. The summed E-state index contributed by atoms with van der Waals surface area (Å²) in [6.07, 6.45) is 2.10. The number of hydrogen-bond acceptors (Lipinski definition) is 5. The molecule has 74 valence electrons. The Labute approximate surface area is 82.5 Å². The van der Waals surface area contributed by atoms with E-state index >= 15 is 0 Å². The van der Waals surface area contributed by atoms with Crippen molar-refractivity contribution in [2.24, 2.45) is 5.92 Å². The summed E-state index contributed by atoms with van der Waals surface area (Å²) in [6.45, 7) is 4.87. The fourth-order valence-corrected chi connectivity index (χ4v) is 1.66. The minimum Gasteiger partial charge on any atom is -0.337 e. The highest BCUT2D eigenvalue weighted by atomic mass is 32.2. The van der Waals surface area contributed by atoms with Crippen molar-refractivity contribution in [1.82, 2.24) is 10.1 Å². The van der Waals surface area contributed by atoms with Crippen molar-refractivity contribution in [3.8, 4) is 0 Å². The van der Waals surface area contributed by atoms with Crippen LogP contribution >= 0.6 is 11.8 Å². The van der Waals surface area contributed by atoms with Crippen LogP contribution in [-0.2, 0) is 0 Å². The zero-order valence-corrected chi connectivity index (χ0v) is 9.02. The van der Waals surface area contributed by atoms with Crippen LogP contribution in [0.15, 0.2) is 4.52 Å². The molecule has 4 nitrogen and oxygen atoms in total. The van der Waals surface area contributed by atoms with Gasteiger partial charge in [0.15, 0.2) is 5.82 Å². The molecule has 0 spiro atoms. The largest absolute Gasteiger partial charge is 0.337 e. The van der Waals surface area contributed by atoms with Gasteiger partial charge in [-0.1, -0.05) is 12.1 Å². The number of anilines is 1. The van der Waals surface area contributed by atoms with Gasteiger partial charge in [0, 0.05) is 6.54 Å². The summed E-state index contributed by atoms with van der Waals surface area (Å²) in [4.78, 5) is 4.05. The Balaban J connectivity index is 2.26. The Morgan fingerprint density at radius 1 is 1.62 bits per heavy atom. The molecule has 1 heterocycles. The summed E-state index contributed by atoms with van der Waals surface area (Å²) in [5.74, 6) is 2.42. The molecular formula is C8H15N3OS. The second kappa shape index (κ2) is 5.11. The molecule has 0 saturated carbocycles. The van der Waals surface area contributed by atoms with E-state index in [1.54, 1.807) is 6.92 Å². The van der Waals surface area contributed by atoms with E-state index < -0.39 is 0 Å². The highest BCUT2D eigenvalue weighted by Crippen LogP contribution is 2.07. The lowest BCUT2D eigenvalue weighted by molar-refractivity contribution is 0.423. The summed E-state index contributed by atoms with van der Waals surface area (Å²) in [6, 6.07) is 0.519. The Hall–Kier alpha value is -0.710. The molecule has 0 radical (unpaired) electrons. The van der Waals surface area contributed by atoms with Gasteiger partial charge in [-0.25, -0.2) is 0 Å². The van der Waals surface area contributed by atoms with Crippen molar-refractivity contribution in [1.29, 1.82) is 0 Å². The van der Waals surface area contributed by atoms with Crippen molar-refractivity contribution >= 4 is 17.8 Å². The smallest absolute Gasteiger partial charge is 0.321 e. The molecule has 1 atom stereocenters. The van der Waals surface area contributed by atoms with Crippen LogP contribution in [0.1, 0.15) is 12.7 Å². The normalized spacial score (nSPS) is 12.8. The van der Waals surface area contributed by atoms with Gasteiger partial charge in [-0.2, -0.15) is 16.7 Å². The molecule has 0 amide bonds. The molecule has 0 bridgehead atoms. The summed E-state index contributed by atoms with van der Waals surface area (Å²) in [5, 5.41) is 6.78. The molecule has 0 aliphatic carbocycles. The first-order valence-electron chi connectivity index (χ1n) is 4.25. The molecule has 1 unspecified atom stereocenters. The lowest BCUT2D eigenvalue weighted by atomic mass is 10.2. The molecule has 0 aliphatic rings. The zero-order valence-electron chi connectivity index (χ0n) is 8.20. The Morgan fingerprint density at radius 3 is 2.92 bits per heavy atom. The zero-order chi connectivity index (χ0) is 9.68. The van der Waals surface area contributed by atoms with Crippen molar-refractivity contribution in [2.45, 2.75) is 13.8 Å². The Bertz CT molecular complexity index is 251. The average Bonchev–Trinajstić information content (AvgIpc) is 2.49. The van der Waals surface area contributed by atoms with E-state index in [9.17, 15) is 0 Å². The van der Waals surface area contributed by atoms with Gasteiger partial charge in [0.2, 0.25) is 0 Å². The minimum atomic E-state index is 0.519.